The third kappa shape index (κ3) is 3.02. The van der Waals surface area contributed by atoms with Crippen LogP contribution >= 0.6 is 11.3 Å². The second-order valence-corrected chi connectivity index (χ2v) is 4.72. The van der Waals surface area contributed by atoms with E-state index < -0.39 is 22.2 Å². The molecule has 1 aromatic heterocycles. The average molecular weight is 285 g/mol. The summed E-state index contributed by atoms with van der Waals surface area (Å²) in [5, 5.41) is 15.9. The van der Waals surface area contributed by atoms with Gasteiger partial charge in [-0.05, 0) is 6.92 Å². The molecule has 0 amide bonds. The molecule has 1 heterocycles. The van der Waals surface area contributed by atoms with Crippen LogP contribution in [0.2, 0.25) is 0 Å². The van der Waals surface area contributed by atoms with Crippen LogP contribution in [-0.4, -0.2) is 9.91 Å². The number of nitro benzene ring substituents is 1. The van der Waals surface area contributed by atoms with E-state index in [9.17, 15) is 18.9 Å². The van der Waals surface area contributed by atoms with Gasteiger partial charge in [0.2, 0.25) is 5.82 Å². The highest BCUT2D eigenvalue weighted by Crippen LogP contribution is 2.29. The Balaban J connectivity index is 2.26. The van der Waals surface area contributed by atoms with Gasteiger partial charge in [0.1, 0.15) is 16.5 Å². The number of nitro groups is 1. The number of nitrogens with zero attached hydrogens (tertiary/aromatic N) is 2. The van der Waals surface area contributed by atoms with Crippen molar-refractivity contribution in [2.45, 2.75) is 13.5 Å². The third-order valence-electron chi connectivity index (χ3n) is 2.31. The number of anilines is 1. The number of halogens is 2. The van der Waals surface area contributed by atoms with Gasteiger partial charge in [-0.3, -0.25) is 10.1 Å². The molecule has 0 spiro atoms. The molecule has 0 radical (unpaired) electrons. The summed E-state index contributed by atoms with van der Waals surface area (Å²) in [5.74, 6) is -2.08. The molecular formula is C11H9F2N3O2S. The Morgan fingerprint density at radius 3 is 2.79 bits per heavy atom. The van der Waals surface area contributed by atoms with Crippen LogP contribution < -0.4 is 5.32 Å². The summed E-state index contributed by atoms with van der Waals surface area (Å²) >= 11 is 1.36. The molecule has 0 aliphatic rings. The highest BCUT2D eigenvalue weighted by molar-refractivity contribution is 7.09. The molecule has 0 aliphatic carbocycles. The maximum Gasteiger partial charge on any atom is 0.327 e. The topological polar surface area (TPSA) is 68.1 Å². The van der Waals surface area contributed by atoms with Crippen LogP contribution in [-0.2, 0) is 6.54 Å². The standard InChI is InChI=1S/C11H9F2N3O2S/c1-6-5-19-10(15-6)4-14-9-3-7(12)2-8(13)11(9)16(17)18/h2-3,5,14H,4H2,1H3. The summed E-state index contributed by atoms with van der Waals surface area (Å²) in [6.07, 6.45) is 0. The first-order chi connectivity index (χ1) is 8.97. The van der Waals surface area contributed by atoms with Crippen molar-refractivity contribution in [3.63, 3.8) is 0 Å². The Morgan fingerprint density at radius 2 is 2.21 bits per heavy atom. The van der Waals surface area contributed by atoms with Crippen molar-refractivity contribution in [1.82, 2.24) is 4.98 Å². The van der Waals surface area contributed by atoms with Crippen LogP contribution in [0.25, 0.3) is 0 Å². The number of aromatic nitrogens is 1. The lowest BCUT2D eigenvalue weighted by Gasteiger charge is -2.06. The lowest BCUT2D eigenvalue weighted by Crippen LogP contribution is -2.05. The van der Waals surface area contributed by atoms with Crippen LogP contribution in [0.5, 0.6) is 0 Å². The van der Waals surface area contributed by atoms with Gasteiger partial charge < -0.3 is 5.32 Å². The van der Waals surface area contributed by atoms with Crippen molar-refractivity contribution in [3.8, 4) is 0 Å². The molecule has 8 heteroatoms. The van der Waals surface area contributed by atoms with Crippen LogP contribution in [0.3, 0.4) is 0 Å². The number of hydrogen-bond donors (Lipinski definition) is 1. The second-order valence-electron chi connectivity index (χ2n) is 3.78. The van der Waals surface area contributed by atoms with Gasteiger partial charge in [0, 0.05) is 23.2 Å². The van der Waals surface area contributed by atoms with Gasteiger partial charge in [0.15, 0.2) is 0 Å². The molecule has 5 nitrogen and oxygen atoms in total. The Bertz CT molecular complexity index is 630. The highest BCUT2D eigenvalue weighted by atomic mass is 32.1. The van der Waals surface area contributed by atoms with E-state index in [4.69, 9.17) is 0 Å². The minimum Gasteiger partial charge on any atom is -0.373 e. The summed E-state index contributed by atoms with van der Waals surface area (Å²) in [5.41, 5.74) is -0.147. The molecule has 100 valence electrons. The SMILES string of the molecule is Cc1csc(CNc2cc(F)cc(F)c2[N+](=O)[O-])n1. The third-order valence-corrected chi connectivity index (χ3v) is 3.27. The van der Waals surface area contributed by atoms with Crippen LogP contribution in [0.4, 0.5) is 20.2 Å². The molecule has 0 atom stereocenters. The van der Waals surface area contributed by atoms with Crippen LogP contribution in [0.15, 0.2) is 17.5 Å². The van der Waals surface area contributed by atoms with E-state index in [0.717, 1.165) is 11.8 Å². The van der Waals surface area contributed by atoms with Crippen molar-refractivity contribution < 1.29 is 13.7 Å². The Hall–Kier alpha value is -2.09. The maximum atomic E-state index is 13.4. The van der Waals surface area contributed by atoms with Crippen molar-refractivity contribution >= 4 is 22.7 Å². The second kappa shape index (κ2) is 5.27. The molecule has 0 saturated carbocycles. The van der Waals surface area contributed by atoms with Crippen molar-refractivity contribution in [3.05, 3.63) is 50.0 Å². The number of hydrogen-bond acceptors (Lipinski definition) is 5. The molecule has 0 fully saturated rings. The van der Waals surface area contributed by atoms with Crippen LogP contribution in [0.1, 0.15) is 10.7 Å². The number of aryl methyl sites for hydroxylation is 1. The van der Waals surface area contributed by atoms with E-state index in [1.165, 1.54) is 11.3 Å². The predicted octanol–water partition coefficient (Wildman–Crippen LogP) is 3.25. The Labute approximate surface area is 111 Å². The minimum absolute atomic E-state index is 0.169. The summed E-state index contributed by atoms with van der Waals surface area (Å²) < 4.78 is 26.4. The molecule has 0 unspecified atom stereocenters. The summed E-state index contributed by atoms with van der Waals surface area (Å²) in [6.45, 7) is 1.98. The quantitative estimate of drug-likeness (QED) is 0.691. The van der Waals surface area contributed by atoms with Gasteiger partial charge in [0.05, 0.1) is 11.5 Å². The molecule has 19 heavy (non-hydrogen) atoms. The molecular weight excluding hydrogens is 276 g/mol. The molecule has 1 N–H and O–H groups in total. The first kappa shape index (κ1) is 13.3. The number of thiazole rings is 1. The first-order valence-corrected chi connectivity index (χ1v) is 6.13. The smallest absolute Gasteiger partial charge is 0.327 e. The average Bonchev–Trinajstić information content (AvgIpc) is 2.71. The minimum atomic E-state index is -1.21. The van der Waals surface area contributed by atoms with Crippen molar-refractivity contribution in [1.29, 1.82) is 0 Å². The van der Waals surface area contributed by atoms with Gasteiger partial charge in [-0.1, -0.05) is 0 Å². The van der Waals surface area contributed by atoms with Gasteiger partial charge in [-0.2, -0.15) is 4.39 Å². The van der Waals surface area contributed by atoms with E-state index >= 15 is 0 Å². The van der Waals surface area contributed by atoms with Gasteiger partial charge in [-0.15, -0.1) is 11.3 Å². The lowest BCUT2D eigenvalue weighted by atomic mass is 10.2. The molecule has 2 aromatic rings. The van der Waals surface area contributed by atoms with E-state index in [1.54, 1.807) is 0 Å². The number of benzene rings is 1. The lowest BCUT2D eigenvalue weighted by molar-refractivity contribution is -0.386. The fraction of sp³-hybridized carbons (Fsp3) is 0.182. The molecule has 0 bridgehead atoms. The molecule has 2 rings (SSSR count). The van der Waals surface area contributed by atoms with E-state index in [-0.39, 0.29) is 12.2 Å². The number of nitrogens with one attached hydrogen (secondary N) is 1. The summed E-state index contributed by atoms with van der Waals surface area (Å²) in [4.78, 5) is 14.0. The summed E-state index contributed by atoms with van der Waals surface area (Å²) in [6, 6.07) is 1.37. The fourth-order valence-corrected chi connectivity index (χ4v) is 2.25. The normalized spacial score (nSPS) is 10.5. The molecule has 0 saturated heterocycles. The van der Waals surface area contributed by atoms with E-state index in [1.807, 2.05) is 12.3 Å². The van der Waals surface area contributed by atoms with E-state index in [2.05, 4.69) is 10.3 Å². The van der Waals surface area contributed by atoms with Crippen LogP contribution in [0, 0.1) is 28.7 Å². The Kier molecular flexibility index (Phi) is 3.70. The largest absolute Gasteiger partial charge is 0.373 e. The monoisotopic (exact) mass is 285 g/mol. The van der Waals surface area contributed by atoms with Gasteiger partial charge in [0.25, 0.3) is 0 Å². The van der Waals surface area contributed by atoms with Gasteiger partial charge in [-0.25, -0.2) is 9.37 Å². The first-order valence-electron chi connectivity index (χ1n) is 5.25. The van der Waals surface area contributed by atoms with Gasteiger partial charge >= 0.3 is 5.69 Å². The van der Waals surface area contributed by atoms with E-state index in [0.29, 0.717) is 11.1 Å². The zero-order chi connectivity index (χ0) is 14.0. The highest BCUT2D eigenvalue weighted by Gasteiger charge is 2.21. The fourth-order valence-electron chi connectivity index (χ4n) is 1.54. The maximum absolute atomic E-state index is 13.4. The summed E-state index contributed by atoms with van der Waals surface area (Å²) in [7, 11) is 0. The van der Waals surface area contributed by atoms with Crippen molar-refractivity contribution in [2.75, 3.05) is 5.32 Å². The number of rotatable bonds is 4. The zero-order valence-electron chi connectivity index (χ0n) is 9.81. The Morgan fingerprint density at radius 1 is 1.47 bits per heavy atom. The molecule has 1 aromatic carbocycles. The zero-order valence-corrected chi connectivity index (χ0v) is 10.6. The predicted molar refractivity (Wildman–Crippen MR) is 67.2 cm³/mol. The van der Waals surface area contributed by atoms with Crippen molar-refractivity contribution in [2.24, 2.45) is 0 Å². The molecule has 0 aliphatic heterocycles.